The number of aromatic nitrogens is 1. The summed E-state index contributed by atoms with van der Waals surface area (Å²) in [6, 6.07) is 5.83. The van der Waals surface area contributed by atoms with Gasteiger partial charge in [-0.25, -0.2) is 0 Å². The summed E-state index contributed by atoms with van der Waals surface area (Å²) in [5.41, 5.74) is -1.04. The molecule has 114 valence electrons. The van der Waals surface area contributed by atoms with E-state index in [4.69, 9.17) is 0 Å². The number of carbonyl (C=O) groups is 1. The zero-order valence-corrected chi connectivity index (χ0v) is 12.5. The number of anilines is 1. The van der Waals surface area contributed by atoms with Crippen LogP contribution in [0.4, 0.5) is 15.8 Å². The van der Waals surface area contributed by atoms with Gasteiger partial charge in [-0.05, 0) is 34.1 Å². The molecule has 1 heterocycles. The number of halogens is 2. The van der Waals surface area contributed by atoms with Crippen LogP contribution in [0.25, 0.3) is 0 Å². The minimum atomic E-state index is -0.994. The van der Waals surface area contributed by atoms with Crippen LogP contribution in [-0.4, -0.2) is 15.4 Å². The van der Waals surface area contributed by atoms with Gasteiger partial charge < -0.3 is 9.88 Å². The second-order valence-electron chi connectivity index (χ2n) is 4.28. The molecule has 22 heavy (non-hydrogen) atoms. The molecule has 1 amide bonds. The van der Waals surface area contributed by atoms with Crippen LogP contribution < -0.4 is 10.9 Å². The SMILES string of the molecule is O=C(Cn1cc(Br)ccc1=O)Nc1ccc(F)c([N+](=O)[O-])c1. The van der Waals surface area contributed by atoms with Gasteiger partial charge in [0.05, 0.1) is 4.92 Å². The normalized spacial score (nSPS) is 10.3. The van der Waals surface area contributed by atoms with E-state index in [1.54, 1.807) is 6.07 Å². The molecule has 0 saturated heterocycles. The van der Waals surface area contributed by atoms with Crippen molar-refractivity contribution >= 4 is 33.2 Å². The fraction of sp³-hybridized carbons (Fsp3) is 0.0769. The molecule has 0 bridgehead atoms. The Balaban J connectivity index is 2.16. The topological polar surface area (TPSA) is 94.2 Å². The van der Waals surface area contributed by atoms with Crippen molar-refractivity contribution in [2.24, 2.45) is 0 Å². The number of rotatable bonds is 4. The fourth-order valence-corrected chi connectivity index (χ4v) is 2.09. The third kappa shape index (κ3) is 3.76. The summed E-state index contributed by atoms with van der Waals surface area (Å²) in [6.07, 6.45) is 1.44. The van der Waals surface area contributed by atoms with Crippen molar-refractivity contribution < 1.29 is 14.1 Å². The molecule has 1 N–H and O–H groups in total. The molecule has 1 aromatic carbocycles. The number of benzene rings is 1. The Bertz CT molecular complexity index is 806. The highest BCUT2D eigenvalue weighted by Gasteiger charge is 2.15. The van der Waals surface area contributed by atoms with Crippen molar-refractivity contribution in [2.75, 3.05) is 5.32 Å². The predicted molar refractivity (Wildman–Crippen MR) is 80.1 cm³/mol. The van der Waals surface area contributed by atoms with E-state index in [0.717, 1.165) is 16.7 Å². The van der Waals surface area contributed by atoms with Crippen LogP contribution in [0.5, 0.6) is 0 Å². The molecule has 9 heteroatoms. The van der Waals surface area contributed by atoms with Gasteiger partial charge in [-0.1, -0.05) is 0 Å². The summed E-state index contributed by atoms with van der Waals surface area (Å²) >= 11 is 3.18. The smallest absolute Gasteiger partial charge is 0.306 e. The van der Waals surface area contributed by atoms with Gasteiger partial charge in [-0.2, -0.15) is 4.39 Å². The van der Waals surface area contributed by atoms with Gasteiger partial charge in [-0.15, -0.1) is 0 Å². The molecule has 0 saturated carbocycles. The van der Waals surface area contributed by atoms with Crippen molar-refractivity contribution in [3.63, 3.8) is 0 Å². The number of nitrogens with zero attached hydrogens (tertiary/aromatic N) is 2. The van der Waals surface area contributed by atoms with Crippen LogP contribution in [-0.2, 0) is 11.3 Å². The summed E-state index contributed by atoms with van der Waals surface area (Å²) < 4.78 is 15.0. The van der Waals surface area contributed by atoms with Gasteiger partial charge in [0.2, 0.25) is 11.7 Å². The van der Waals surface area contributed by atoms with Gasteiger partial charge in [0.15, 0.2) is 0 Å². The maximum Gasteiger partial charge on any atom is 0.306 e. The maximum absolute atomic E-state index is 13.2. The molecule has 0 radical (unpaired) electrons. The average molecular weight is 370 g/mol. The van der Waals surface area contributed by atoms with E-state index in [-0.39, 0.29) is 17.8 Å². The van der Waals surface area contributed by atoms with Crippen molar-refractivity contribution in [3.05, 3.63) is 67.3 Å². The van der Waals surface area contributed by atoms with Gasteiger partial charge in [0.25, 0.3) is 5.56 Å². The Kier molecular flexibility index (Phi) is 4.66. The van der Waals surface area contributed by atoms with Crippen LogP contribution in [0.1, 0.15) is 0 Å². The number of nitro benzene ring substituents is 1. The first-order chi connectivity index (χ1) is 10.4. The van der Waals surface area contributed by atoms with Crippen LogP contribution in [0.2, 0.25) is 0 Å². The van der Waals surface area contributed by atoms with E-state index < -0.39 is 22.3 Å². The van der Waals surface area contributed by atoms with Crippen molar-refractivity contribution in [3.8, 4) is 0 Å². The lowest BCUT2D eigenvalue weighted by molar-refractivity contribution is -0.387. The molecular weight excluding hydrogens is 361 g/mol. The number of pyridine rings is 1. The molecule has 0 aliphatic heterocycles. The molecule has 0 atom stereocenters. The van der Waals surface area contributed by atoms with Crippen molar-refractivity contribution in [2.45, 2.75) is 6.54 Å². The van der Waals surface area contributed by atoms with E-state index in [0.29, 0.717) is 4.47 Å². The summed E-state index contributed by atoms with van der Waals surface area (Å²) in [7, 11) is 0. The number of nitrogens with one attached hydrogen (secondary N) is 1. The molecule has 0 aliphatic rings. The maximum atomic E-state index is 13.2. The lowest BCUT2D eigenvalue weighted by atomic mass is 10.2. The van der Waals surface area contributed by atoms with Crippen molar-refractivity contribution in [1.29, 1.82) is 0 Å². The molecule has 1 aromatic heterocycles. The highest BCUT2D eigenvalue weighted by Crippen LogP contribution is 2.21. The summed E-state index contributed by atoms with van der Waals surface area (Å²) in [6.45, 7) is -0.274. The molecule has 0 spiro atoms. The van der Waals surface area contributed by atoms with Gasteiger partial charge >= 0.3 is 5.69 Å². The number of nitro groups is 1. The van der Waals surface area contributed by atoms with Gasteiger partial charge in [0.1, 0.15) is 6.54 Å². The molecule has 7 nitrogen and oxygen atoms in total. The van der Waals surface area contributed by atoms with E-state index >= 15 is 0 Å². The Hall–Kier alpha value is -2.55. The predicted octanol–water partition coefficient (Wildman–Crippen LogP) is 2.30. The largest absolute Gasteiger partial charge is 0.324 e. The number of amides is 1. The zero-order chi connectivity index (χ0) is 16.3. The Morgan fingerprint density at radius 1 is 1.36 bits per heavy atom. The second-order valence-corrected chi connectivity index (χ2v) is 5.20. The lowest BCUT2D eigenvalue weighted by Crippen LogP contribution is -2.26. The Morgan fingerprint density at radius 3 is 2.77 bits per heavy atom. The Morgan fingerprint density at radius 2 is 2.09 bits per heavy atom. The highest BCUT2D eigenvalue weighted by atomic mass is 79.9. The third-order valence-corrected chi connectivity index (χ3v) is 3.16. The summed E-state index contributed by atoms with van der Waals surface area (Å²) in [5.74, 6) is -1.56. The van der Waals surface area contributed by atoms with Crippen molar-refractivity contribution in [1.82, 2.24) is 4.57 Å². The molecule has 2 aromatic rings. The first-order valence-corrected chi connectivity index (χ1v) is 6.76. The molecule has 0 unspecified atom stereocenters. The standard InChI is InChI=1S/C13H9BrFN3O4/c14-8-1-4-13(20)17(6-8)7-12(19)16-9-2-3-10(15)11(5-9)18(21)22/h1-6H,7H2,(H,16,19). The van der Waals surface area contributed by atoms with Gasteiger partial charge in [0, 0.05) is 28.5 Å². The van der Waals surface area contributed by atoms with Gasteiger partial charge in [-0.3, -0.25) is 19.7 Å². The first-order valence-electron chi connectivity index (χ1n) is 5.96. The number of hydrogen-bond acceptors (Lipinski definition) is 4. The van der Waals surface area contributed by atoms with Crippen LogP contribution in [0, 0.1) is 15.9 Å². The highest BCUT2D eigenvalue weighted by molar-refractivity contribution is 9.10. The average Bonchev–Trinajstić information content (AvgIpc) is 2.44. The zero-order valence-electron chi connectivity index (χ0n) is 11.0. The van der Waals surface area contributed by atoms with E-state index in [1.807, 2.05) is 0 Å². The minimum absolute atomic E-state index is 0.0705. The molecule has 2 rings (SSSR count). The molecule has 0 fully saturated rings. The molecule has 0 aliphatic carbocycles. The van der Waals surface area contributed by atoms with E-state index in [9.17, 15) is 24.1 Å². The number of carbonyl (C=O) groups excluding carboxylic acids is 1. The Labute approximate surface area is 131 Å². The molecular formula is C13H9BrFN3O4. The third-order valence-electron chi connectivity index (χ3n) is 2.69. The van der Waals surface area contributed by atoms with E-state index in [2.05, 4.69) is 21.2 Å². The van der Waals surface area contributed by atoms with Crippen LogP contribution >= 0.6 is 15.9 Å². The monoisotopic (exact) mass is 369 g/mol. The minimum Gasteiger partial charge on any atom is -0.324 e. The first kappa shape index (κ1) is 15.8. The van der Waals surface area contributed by atoms with Crippen LogP contribution in [0.15, 0.2) is 45.8 Å². The number of hydrogen-bond donors (Lipinski definition) is 1. The summed E-state index contributed by atoms with van der Waals surface area (Å²) in [5, 5.41) is 13.0. The fourth-order valence-electron chi connectivity index (χ4n) is 1.71. The van der Waals surface area contributed by atoms with E-state index in [1.165, 1.54) is 18.3 Å². The summed E-state index contributed by atoms with van der Waals surface area (Å²) in [4.78, 5) is 33.2. The second kappa shape index (κ2) is 6.48. The lowest BCUT2D eigenvalue weighted by Gasteiger charge is -2.07. The van der Waals surface area contributed by atoms with Crippen LogP contribution in [0.3, 0.4) is 0 Å². The quantitative estimate of drug-likeness (QED) is 0.660.